The Hall–Kier alpha value is -2.49. The van der Waals surface area contributed by atoms with Crippen LogP contribution in [0.3, 0.4) is 0 Å². The molecule has 1 aliphatic rings. The zero-order valence-corrected chi connectivity index (χ0v) is 16.5. The van der Waals surface area contributed by atoms with Crippen LogP contribution in [0, 0.1) is 0 Å². The first-order chi connectivity index (χ1) is 13.3. The van der Waals surface area contributed by atoms with Crippen molar-refractivity contribution >= 4 is 12.1 Å². The molecule has 1 amide bonds. The first-order valence-electron chi connectivity index (χ1n) is 9.16. The van der Waals surface area contributed by atoms with E-state index in [1.54, 1.807) is 20.8 Å². The zero-order chi connectivity index (χ0) is 21.8. The largest absolute Gasteiger partial charge is 0.573 e. The number of carbonyl (C=O) groups excluding carboxylic acids is 1. The van der Waals surface area contributed by atoms with E-state index in [2.05, 4.69) is 10.1 Å². The third kappa shape index (κ3) is 7.80. The molecule has 29 heavy (non-hydrogen) atoms. The SMILES string of the molecule is CC(C)(C)OC(=O)N[C@H]1CCCN(Cc2ccc(C(=O)O)cc2OC(F)(F)F)C1. The van der Waals surface area contributed by atoms with Gasteiger partial charge >= 0.3 is 18.4 Å². The molecule has 0 unspecified atom stereocenters. The fourth-order valence-electron chi connectivity index (χ4n) is 3.07. The van der Waals surface area contributed by atoms with E-state index in [9.17, 15) is 22.8 Å². The Morgan fingerprint density at radius 2 is 1.97 bits per heavy atom. The molecule has 0 radical (unpaired) electrons. The van der Waals surface area contributed by atoms with Crippen molar-refractivity contribution in [1.29, 1.82) is 0 Å². The van der Waals surface area contributed by atoms with E-state index in [1.807, 2.05) is 4.90 Å². The van der Waals surface area contributed by atoms with Crippen LogP contribution in [0.1, 0.15) is 49.5 Å². The number of piperidine rings is 1. The van der Waals surface area contributed by atoms with Gasteiger partial charge in [0.05, 0.1) is 5.56 Å². The number of hydrogen-bond donors (Lipinski definition) is 2. The van der Waals surface area contributed by atoms with Crippen molar-refractivity contribution in [2.75, 3.05) is 13.1 Å². The van der Waals surface area contributed by atoms with Crippen LogP contribution in [0.15, 0.2) is 18.2 Å². The van der Waals surface area contributed by atoms with Gasteiger partial charge in [0.1, 0.15) is 11.4 Å². The molecular formula is C19H25F3N2O5. The molecule has 7 nitrogen and oxygen atoms in total. The number of carboxylic acid groups (broad SMARTS) is 1. The van der Waals surface area contributed by atoms with Crippen molar-refractivity contribution in [3.8, 4) is 5.75 Å². The summed E-state index contributed by atoms with van der Waals surface area (Å²) in [6.07, 6.45) is -4.02. The molecule has 1 fully saturated rings. The van der Waals surface area contributed by atoms with Gasteiger partial charge in [-0.15, -0.1) is 13.2 Å². The van der Waals surface area contributed by atoms with Gasteiger partial charge < -0.3 is 19.9 Å². The lowest BCUT2D eigenvalue weighted by Crippen LogP contribution is -2.48. The van der Waals surface area contributed by atoms with Crippen LogP contribution in [0.2, 0.25) is 0 Å². The molecule has 0 aromatic heterocycles. The van der Waals surface area contributed by atoms with Gasteiger partial charge in [-0.1, -0.05) is 6.07 Å². The molecule has 1 aromatic rings. The average molecular weight is 418 g/mol. The number of carbonyl (C=O) groups is 2. The Balaban J connectivity index is 2.08. The lowest BCUT2D eigenvalue weighted by atomic mass is 10.0. The number of nitrogens with zero attached hydrogens (tertiary/aromatic N) is 1. The Bertz CT molecular complexity index is 746. The Morgan fingerprint density at radius 3 is 2.55 bits per heavy atom. The summed E-state index contributed by atoms with van der Waals surface area (Å²) >= 11 is 0. The summed E-state index contributed by atoms with van der Waals surface area (Å²) in [5, 5.41) is 11.8. The third-order valence-corrected chi connectivity index (χ3v) is 4.16. The predicted molar refractivity (Wildman–Crippen MR) is 97.8 cm³/mol. The van der Waals surface area contributed by atoms with Gasteiger partial charge in [0.25, 0.3) is 0 Å². The van der Waals surface area contributed by atoms with E-state index in [1.165, 1.54) is 12.1 Å². The summed E-state index contributed by atoms with van der Waals surface area (Å²) in [7, 11) is 0. The molecule has 2 rings (SSSR count). The Labute approximate surface area is 166 Å². The fourth-order valence-corrected chi connectivity index (χ4v) is 3.07. The number of likely N-dealkylation sites (tertiary alicyclic amines) is 1. The summed E-state index contributed by atoms with van der Waals surface area (Å²) in [4.78, 5) is 24.9. The molecule has 0 aliphatic carbocycles. The number of rotatable bonds is 5. The molecule has 1 aromatic carbocycles. The van der Waals surface area contributed by atoms with Crippen LogP contribution >= 0.6 is 0 Å². The quantitative estimate of drug-likeness (QED) is 0.757. The summed E-state index contributed by atoms with van der Waals surface area (Å²) in [6.45, 7) is 6.43. The molecule has 10 heteroatoms. The van der Waals surface area contributed by atoms with Gasteiger partial charge in [-0.05, 0) is 52.3 Å². The number of carboxylic acids is 1. The summed E-state index contributed by atoms with van der Waals surface area (Å²) in [5.74, 6) is -1.89. The molecule has 1 saturated heterocycles. The Kier molecular flexibility index (Phi) is 6.99. The molecule has 0 saturated carbocycles. The molecular weight excluding hydrogens is 393 g/mol. The van der Waals surface area contributed by atoms with Crippen molar-refractivity contribution in [1.82, 2.24) is 10.2 Å². The minimum atomic E-state index is -4.94. The number of amides is 1. The fraction of sp³-hybridized carbons (Fsp3) is 0.579. The second kappa shape index (κ2) is 8.89. The lowest BCUT2D eigenvalue weighted by Gasteiger charge is -2.34. The highest BCUT2D eigenvalue weighted by Crippen LogP contribution is 2.29. The molecule has 162 valence electrons. The highest BCUT2D eigenvalue weighted by atomic mass is 19.4. The van der Waals surface area contributed by atoms with Crippen LogP contribution in [0.25, 0.3) is 0 Å². The molecule has 0 spiro atoms. The van der Waals surface area contributed by atoms with Crippen LogP contribution in [0.5, 0.6) is 5.75 Å². The van der Waals surface area contributed by atoms with Crippen molar-refractivity contribution in [3.63, 3.8) is 0 Å². The van der Waals surface area contributed by atoms with E-state index < -0.39 is 29.8 Å². The van der Waals surface area contributed by atoms with Gasteiger partial charge in [0.2, 0.25) is 0 Å². The maximum absolute atomic E-state index is 12.7. The van der Waals surface area contributed by atoms with Crippen LogP contribution in [-0.4, -0.2) is 53.2 Å². The number of ether oxygens (including phenoxy) is 2. The number of aromatic carboxylic acids is 1. The normalized spacial score (nSPS) is 18.2. The standard InChI is InChI=1S/C19H25F3N2O5/c1-18(2,3)29-17(27)23-14-5-4-8-24(11-14)10-13-7-6-12(16(25)26)9-15(13)28-19(20,21)22/h6-7,9,14H,4-5,8,10-11H2,1-3H3,(H,23,27)(H,25,26)/t14-/m0/s1. The van der Waals surface area contributed by atoms with Crippen LogP contribution in [-0.2, 0) is 11.3 Å². The van der Waals surface area contributed by atoms with Crippen LogP contribution in [0.4, 0.5) is 18.0 Å². The number of benzene rings is 1. The highest BCUT2D eigenvalue weighted by molar-refractivity contribution is 5.88. The molecule has 0 bridgehead atoms. The van der Waals surface area contributed by atoms with E-state index >= 15 is 0 Å². The highest BCUT2D eigenvalue weighted by Gasteiger charge is 2.33. The molecule has 2 N–H and O–H groups in total. The maximum Gasteiger partial charge on any atom is 0.573 e. The van der Waals surface area contributed by atoms with Crippen molar-refractivity contribution in [3.05, 3.63) is 29.3 Å². The molecule has 1 aliphatic heterocycles. The minimum absolute atomic E-state index is 0.123. The second-order valence-corrected chi connectivity index (χ2v) is 7.90. The van der Waals surface area contributed by atoms with Gasteiger partial charge in [0, 0.05) is 24.7 Å². The topological polar surface area (TPSA) is 88.1 Å². The van der Waals surface area contributed by atoms with Crippen molar-refractivity contribution in [2.45, 2.75) is 58.2 Å². The molecule has 1 atom stereocenters. The monoisotopic (exact) mass is 418 g/mol. The molecule has 1 heterocycles. The number of nitrogens with one attached hydrogen (secondary N) is 1. The average Bonchev–Trinajstić information content (AvgIpc) is 2.53. The number of hydrogen-bond acceptors (Lipinski definition) is 5. The summed E-state index contributed by atoms with van der Waals surface area (Å²) < 4.78 is 47.5. The minimum Gasteiger partial charge on any atom is -0.478 e. The number of alkyl carbamates (subject to hydrolysis) is 1. The van der Waals surface area contributed by atoms with E-state index in [0.717, 1.165) is 18.9 Å². The van der Waals surface area contributed by atoms with Gasteiger partial charge in [-0.25, -0.2) is 9.59 Å². The first kappa shape index (κ1) is 22.8. The maximum atomic E-state index is 12.7. The first-order valence-corrected chi connectivity index (χ1v) is 9.16. The van der Waals surface area contributed by atoms with Crippen molar-refractivity contribution < 1.29 is 37.3 Å². The predicted octanol–water partition coefficient (Wildman–Crippen LogP) is 3.77. The van der Waals surface area contributed by atoms with E-state index in [4.69, 9.17) is 9.84 Å². The summed E-state index contributed by atoms with van der Waals surface area (Å²) in [5.41, 5.74) is -0.713. The summed E-state index contributed by atoms with van der Waals surface area (Å²) in [6, 6.07) is 3.21. The van der Waals surface area contributed by atoms with Gasteiger partial charge in [-0.2, -0.15) is 0 Å². The third-order valence-electron chi connectivity index (χ3n) is 4.16. The van der Waals surface area contributed by atoms with Crippen LogP contribution < -0.4 is 10.1 Å². The van der Waals surface area contributed by atoms with E-state index in [-0.39, 0.29) is 23.7 Å². The lowest BCUT2D eigenvalue weighted by molar-refractivity contribution is -0.275. The number of halogens is 3. The second-order valence-electron chi connectivity index (χ2n) is 7.90. The zero-order valence-electron chi connectivity index (χ0n) is 16.5. The smallest absolute Gasteiger partial charge is 0.478 e. The Morgan fingerprint density at radius 1 is 1.28 bits per heavy atom. The number of alkyl halides is 3. The van der Waals surface area contributed by atoms with Gasteiger partial charge in [-0.3, -0.25) is 4.90 Å². The van der Waals surface area contributed by atoms with E-state index in [0.29, 0.717) is 13.1 Å². The van der Waals surface area contributed by atoms with Crippen molar-refractivity contribution in [2.24, 2.45) is 0 Å². The van der Waals surface area contributed by atoms with Gasteiger partial charge in [0.15, 0.2) is 0 Å².